The smallest absolute Gasteiger partial charge is 0.191 e. The van der Waals surface area contributed by atoms with Gasteiger partial charge in [-0.1, -0.05) is 25.5 Å². The number of aliphatic imine (C=N–C) groups is 1. The molecule has 2 N–H and O–H groups in total. The third-order valence-electron chi connectivity index (χ3n) is 4.28. The largest absolute Gasteiger partial charge is 0.357 e. The summed E-state index contributed by atoms with van der Waals surface area (Å²) < 4.78 is 22.7. The van der Waals surface area contributed by atoms with Gasteiger partial charge in [0.1, 0.15) is 9.84 Å². The normalized spacial score (nSPS) is 16.0. The van der Waals surface area contributed by atoms with E-state index in [9.17, 15) is 8.42 Å². The zero-order chi connectivity index (χ0) is 18.1. The van der Waals surface area contributed by atoms with Crippen molar-refractivity contribution in [3.63, 3.8) is 0 Å². The Kier molecular flexibility index (Phi) is 12.0. The topological polar surface area (TPSA) is 70.6 Å². The summed E-state index contributed by atoms with van der Waals surface area (Å²) in [5.41, 5.74) is 1.43. The van der Waals surface area contributed by atoms with E-state index in [1.165, 1.54) is 31.9 Å². The lowest BCUT2D eigenvalue weighted by molar-refractivity contribution is 0.365. The highest BCUT2D eigenvalue weighted by Crippen LogP contribution is 2.21. The Balaban J connectivity index is 0.00000576. The predicted molar refractivity (Wildman–Crippen MR) is 119 cm³/mol. The van der Waals surface area contributed by atoms with Crippen LogP contribution in [0.3, 0.4) is 0 Å². The van der Waals surface area contributed by atoms with Crippen LogP contribution in [0.5, 0.6) is 0 Å². The lowest BCUT2D eigenvalue weighted by Crippen LogP contribution is -2.38. The van der Waals surface area contributed by atoms with Crippen LogP contribution in [0.15, 0.2) is 16.6 Å². The fourth-order valence-corrected chi connectivity index (χ4v) is 3.57. The molecule has 0 radical (unpaired) electrons. The highest BCUT2D eigenvalue weighted by Gasteiger charge is 2.20. The first-order valence-corrected chi connectivity index (χ1v) is 11.2. The van der Waals surface area contributed by atoms with Gasteiger partial charge in [-0.3, -0.25) is 4.99 Å². The average molecular weight is 485 g/mol. The van der Waals surface area contributed by atoms with E-state index in [1.54, 1.807) is 5.57 Å². The maximum atomic E-state index is 11.3. The van der Waals surface area contributed by atoms with Gasteiger partial charge in [-0.15, -0.1) is 24.0 Å². The van der Waals surface area contributed by atoms with E-state index < -0.39 is 9.84 Å². The summed E-state index contributed by atoms with van der Waals surface area (Å²) >= 11 is 0. The Bertz CT molecular complexity index is 543. The van der Waals surface area contributed by atoms with Crippen LogP contribution in [-0.4, -0.2) is 46.0 Å². The number of hydrogen-bond acceptors (Lipinski definition) is 3. The van der Waals surface area contributed by atoms with E-state index in [-0.39, 0.29) is 35.1 Å². The molecule has 1 rings (SSSR count). The van der Waals surface area contributed by atoms with Crippen molar-refractivity contribution in [1.82, 2.24) is 10.6 Å². The molecular formula is C18H36IN3O2S. The van der Waals surface area contributed by atoms with Gasteiger partial charge in [-0.2, -0.15) is 0 Å². The van der Waals surface area contributed by atoms with E-state index in [1.807, 2.05) is 0 Å². The first-order chi connectivity index (χ1) is 11.2. The van der Waals surface area contributed by atoms with Crippen LogP contribution >= 0.6 is 24.0 Å². The Labute approximate surface area is 171 Å². The molecule has 0 aromatic heterocycles. The molecule has 1 aliphatic carbocycles. The van der Waals surface area contributed by atoms with Crippen molar-refractivity contribution in [3.8, 4) is 0 Å². The molecule has 1 aliphatic rings. The molecule has 0 unspecified atom stereocenters. The molecular weight excluding hydrogens is 449 g/mol. The number of rotatable bonds is 9. The van der Waals surface area contributed by atoms with Crippen molar-refractivity contribution >= 4 is 39.8 Å². The van der Waals surface area contributed by atoms with E-state index in [4.69, 9.17) is 0 Å². The van der Waals surface area contributed by atoms with Gasteiger partial charge >= 0.3 is 0 Å². The van der Waals surface area contributed by atoms with Crippen molar-refractivity contribution in [2.24, 2.45) is 10.4 Å². The van der Waals surface area contributed by atoms with Crippen LogP contribution in [0, 0.1) is 5.41 Å². The summed E-state index contributed by atoms with van der Waals surface area (Å²) in [6.45, 7) is 8.51. The molecule has 0 amide bonds. The minimum atomic E-state index is -2.92. The highest BCUT2D eigenvalue weighted by molar-refractivity contribution is 14.0. The lowest BCUT2D eigenvalue weighted by Gasteiger charge is -2.23. The number of sulfone groups is 1. The summed E-state index contributed by atoms with van der Waals surface area (Å²) in [4.78, 5) is 4.65. The van der Waals surface area contributed by atoms with Gasteiger partial charge in [-0.05, 0) is 50.9 Å². The number of nitrogens with zero attached hydrogens (tertiary/aromatic N) is 1. The van der Waals surface area contributed by atoms with E-state index >= 15 is 0 Å². The quantitative estimate of drug-likeness (QED) is 0.227. The Morgan fingerprint density at radius 1 is 1.28 bits per heavy atom. The third-order valence-corrected chi connectivity index (χ3v) is 5.23. The Morgan fingerprint density at radius 3 is 2.56 bits per heavy atom. The van der Waals surface area contributed by atoms with Crippen LogP contribution in [0.25, 0.3) is 0 Å². The molecule has 0 aliphatic heterocycles. The molecule has 0 heterocycles. The summed E-state index contributed by atoms with van der Waals surface area (Å²) in [5, 5.41) is 6.66. The molecule has 0 aromatic rings. The van der Waals surface area contributed by atoms with Gasteiger partial charge in [0, 0.05) is 25.9 Å². The number of allylic oxidation sites excluding steroid dienone is 1. The number of halogens is 1. The summed E-state index contributed by atoms with van der Waals surface area (Å²) in [6.07, 6.45) is 10.5. The van der Waals surface area contributed by atoms with Crippen molar-refractivity contribution in [2.45, 2.75) is 59.3 Å². The highest BCUT2D eigenvalue weighted by atomic mass is 127. The Hall–Kier alpha value is -0.310. The predicted octanol–water partition coefficient (Wildman–Crippen LogP) is 3.51. The molecule has 148 valence electrons. The third kappa shape index (κ3) is 12.6. The number of hydrogen-bond donors (Lipinski definition) is 2. The molecule has 5 nitrogen and oxygen atoms in total. The van der Waals surface area contributed by atoms with Gasteiger partial charge in [0.25, 0.3) is 0 Å². The van der Waals surface area contributed by atoms with Crippen LogP contribution in [0.4, 0.5) is 0 Å². The van der Waals surface area contributed by atoms with E-state index in [0.29, 0.717) is 13.0 Å². The summed E-state index contributed by atoms with van der Waals surface area (Å²) in [7, 11) is -2.92. The van der Waals surface area contributed by atoms with Crippen LogP contribution < -0.4 is 10.6 Å². The monoisotopic (exact) mass is 485 g/mol. The minimum Gasteiger partial charge on any atom is -0.357 e. The molecule has 0 aromatic carbocycles. The molecule has 0 fully saturated rings. The maximum absolute atomic E-state index is 11.3. The zero-order valence-corrected chi connectivity index (χ0v) is 19.4. The van der Waals surface area contributed by atoms with Crippen LogP contribution in [-0.2, 0) is 9.84 Å². The first kappa shape index (κ1) is 24.7. The second-order valence-corrected chi connectivity index (χ2v) is 9.78. The number of guanidine groups is 1. The van der Waals surface area contributed by atoms with Crippen molar-refractivity contribution in [2.75, 3.05) is 31.6 Å². The molecule has 0 saturated carbocycles. The number of nitrogens with one attached hydrogen (secondary N) is 2. The average Bonchev–Trinajstić information content (AvgIpc) is 2.51. The first-order valence-electron chi connectivity index (χ1n) is 9.10. The summed E-state index contributed by atoms with van der Waals surface area (Å²) in [6, 6.07) is 0. The minimum absolute atomic E-state index is 0. The van der Waals surface area contributed by atoms with Crippen molar-refractivity contribution in [1.29, 1.82) is 0 Å². The lowest BCUT2D eigenvalue weighted by atomic mass is 9.90. The fourth-order valence-electron chi connectivity index (χ4n) is 2.65. The van der Waals surface area contributed by atoms with Gasteiger partial charge < -0.3 is 10.6 Å². The van der Waals surface area contributed by atoms with Gasteiger partial charge in [0.2, 0.25) is 0 Å². The second-order valence-electron chi connectivity index (χ2n) is 7.52. The molecule has 0 atom stereocenters. The van der Waals surface area contributed by atoms with Crippen LogP contribution in [0.1, 0.15) is 59.3 Å². The molecule has 0 bridgehead atoms. The van der Waals surface area contributed by atoms with Crippen molar-refractivity contribution < 1.29 is 8.42 Å². The SMILES string of the molecule is CCNC(=NCC(C)(C)CCS(C)(=O)=O)NCCC1=CCCCC1.I. The van der Waals surface area contributed by atoms with Gasteiger partial charge in [0.05, 0.1) is 5.75 Å². The molecule has 7 heteroatoms. The van der Waals surface area contributed by atoms with Crippen LogP contribution in [0.2, 0.25) is 0 Å². The second kappa shape index (κ2) is 12.1. The Morgan fingerprint density at radius 2 is 2.00 bits per heavy atom. The molecule has 25 heavy (non-hydrogen) atoms. The summed E-state index contributed by atoms with van der Waals surface area (Å²) in [5.74, 6) is 1.04. The molecule has 0 spiro atoms. The van der Waals surface area contributed by atoms with Crippen molar-refractivity contribution in [3.05, 3.63) is 11.6 Å². The van der Waals surface area contributed by atoms with E-state index in [2.05, 4.69) is 42.5 Å². The molecule has 0 saturated heterocycles. The fraction of sp³-hybridized carbons (Fsp3) is 0.833. The standard InChI is InChI=1S/C18H35N3O2S.HI/c1-5-19-17(20-13-11-16-9-7-6-8-10-16)21-15-18(2,3)12-14-24(4,22)23;/h9H,5-8,10-15H2,1-4H3,(H2,19,20,21);1H. The van der Waals surface area contributed by atoms with Gasteiger partial charge in [0.15, 0.2) is 5.96 Å². The zero-order valence-electron chi connectivity index (χ0n) is 16.2. The van der Waals surface area contributed by atoms with Gasteiger partial charge in [-0.25, -0.2) is 8.42 Å². The maximum Gasteiger partial charge on any atom is 0.191 e. The van der Waals surface area contributed by atoms with E-state index in [0.717, 1.165) is 25.5 Å².